The summed E-state index contributed by atoms with van der Waals surface area (Å²) in [5, 5.41) is 4.48. The standard InChI is InChI=1S/C23H32N4O/c1-4-26-11-7-10-21(26)15-27(16-22-12-17(2)24-25(22)3)23(28)20-13-18-8-5-6-9-19(18)14-20/h5-6,8-9,12,20-21H,4,7,10-11,13-16H2,1-3H3. The number of aromatic nitrogens is 2. The van der Waals surface area contributed by atoms with E-state index in [1.54, 1.807) is 0 Å². The fourth-order valence-corrected chi connectivity index (χ4v) is 5.00. The molecule has 5 heteroatoms. The molecule has 150 valence electrons. The molecule has 2 heterocycles. The van der Waals surface area contributed by atoms with Crippen LogP contribution in [0.2, 0.25) is 0 Å². The van der Waals surface area contributed by atoms with E-state index < -0.39 is 0 Å². The van der Waals surface area contributed by atoms with Crippen LogP contribution in [0.5, 0.6) is 0 Å². The highest BCUT2D eigenvalue weighted by molar-refractivity contribution is 5.80. The van der Waals surface area contributed by atoms with Gasteiger partial charge in [-0.15, -0.1) is 0 Å². The molecule has 2 aliphatic rings. The molecule has 0 N–H and O–H groups in total. The maximum atomic E-state index is 13.6. The second kappa shape index (κ2) is 8.08. The van der Waals surface area contributed by atoms with Crippen molar-refractivity contribution in [2.45, 2.75) is 52.1 Å². The van der Waals surface area contributed by atoms with E-state index in [0.717, 1.165) is 43.9 Å². The number of carbonyl (C=O) groups is 1. The van der Waals surface area contributed by atoms with Crippen LogP contribution in [0.1, 0.15) is 42.3 Å². The molecular formula is C23H32N4O. The number of amides is 1. The number of carbonyl (C=O) groups excluding carboxylic acids is 1. The van der Waals surface area contributed by atoms with Crippen LogP contribution in [-0.2, 0) is 31.2 Å². The third-order valence-corrected chi connectivity index (χ3v) is 6.50. The van der Waals surface area contributed by atoms with Gasteiger partial charge in [0.2, 0.25) is 5.91 Å². The number of likely N-dealkylation sites (tertiary alicyclic amines) is 1. The maximum Gasteiger partial charge on any atom is 0.226 e. The minimum Gasteiger partial charge on any atom is -0.335 e. The zero-order valence-corrected chi connectivity index (χ0v) is 17.4. The molecule has 5 nitrogen and oxygen atoms in total. The lowest BCUT2D eigenvalue weighted by Crippen LogP contribution is -2.45. The predicted octanol–water partition coefficient (Wildman–Crippen LogP) is 2.96. The lowest BCUT2D eigenvalue weighted by atomic mass is 10.0. The third-order valence-electron chi connectivity index (χ3n) is 6.50. The Bertz CT molecular complexity index is 818. The van der Waals surface area contributed by atoms with E-state index in [1.165, 1.54) is 24.0 Å². The van der Waals surface area contributed by atoms with Crippen LogP contribution in [-0.4, -0.2) is 51.2 Å². The van der Waals surface area contributed by atoms with Gasteiger partial charge in [-0.05, 0) is 62.9 Å². The van der Waals surface area contributed by atoms with Crippen molar-refractivity contribution in [1.29, 1.82) is 0 Å². The number of aryl methyl sites for hydroxylation is 2. The van der Waals surface area contributed by atoms with Gasteiger partial charge in [-0.25, -0.2) is 0 Å². The van der Waals surface area contributed by atoms with Gasteiger partial charge in [0.25, 0.3) is 0 Å². The molecule has 1 aliphatic heterocycles. The predicted molar refractivity (Wildman–Crippen MR) is 111 cm³/mol. The molecule has 1 amide bonds. The molecule has 1 unspecified atom stereocenters. The van der Waals surface area contributed by atoms with Crippen molar-refractivity contribution in [3.8, 4) is 0 Å². The van der Waals surface area contributed by atoms with Crippen molar-refractivity contribution in [3.05, 3.63) is 52.8 Å². The van der Waals surface area contributed by atoms with Crippen molar-refractivity contribution in [3.63, 3.8) is 0 Å². The number of hydrogen-bond acceptors (Lipinski definition) is 3. The summed E-state index contributed by atoms with van der Waals surface area (Å²) in [4.78, 5) is 18.2. The van der Waals surface area contributed by atoms with Crippen LogP contribution in [0.25, 0.3) is 0 Å². The Morgan fingerprint density at radius 1 is 1.25 bits per heavy atom. The van der Waals surface area contributed by atoms with Crippen LogP contribution in [0.3, 0.4) is 0 Å². The van der Waals surface area contributed by atoms with Crippen LogP contribution < -0.4 is 0 Å². The van der Waals surface area contributed by atoms with Crippen LogP contribution >= 0.6 is 0 Å². The summed E-state index contributed by atoms with van der Waals surface area (Å²) in [6, 6.07) is 11.1. The molecule has 1 aromatic heterocycles. The Kier molecular flexibility index (Phi) is 5.54. The first-order valence-electron chi connectivity index (χ1n) is 10.6. The van der Waals surface area contributed by atoms with E-state index in [4.69, 9.17) is 0 Å². The first kappa shape index (κ1) is 19.2. The van der Waals surface area contributed by atoms with Crippen LogP contribution in [0, 0.1) is 12.8 Å². The summed E-state index contributed by atoms with van der Waals surface area (Å²) in [5.41, 5.74) is 4.80. The Morgan fingerprint density at radius 2 is 1.96 bits per heavy atom. The first-order chi connectivity index (χ1) is 13.5. The van der Waals surface area contributed by atoms with Gasteiger partial charge in [-0.3, -0.25) is 14.4 Å². The van der Waals surface area contributed by atoms with Gasteiger partial charge in [-0.1, -0.05) is 31.2 Å². The molecule has 1 saturated heterocycles. The summed E-state index contributed by atoms with van der Waals surface area (Å²) < 4.78 is 1.92. The van der Waals surface area contributed by atoms with E-state index in [1.807, 2.05) is 18.7 Å². The van der Waals surface area contributed by atoms with Crippen molar-refractivity contribution < 1.29 is 4.79 Å². The molecule has 0 radical (unpaired) electrons. The molecule has 2 aromatic rings. The number of fused-ring (bicyclic) bond motifs is 1. The van der Waals surface area contributed by atoms with Crippen LogP contribution in [0.4, 0.5) is 0 Å². The zero-order chi connectivity index (χ0) is 19.7. The molecule has 28 heavy (non-hydrogen) atoms. The van der Waals surface area contributed by atoms with Gasteiger partial charge >= 0.3 is 0 Å². The van der Waals surface area contributed by atoms with Gasteiger partial charge in [0.15, 0.2) is 0 Å². The number of benzene rings is 1. The van der Waals surface area contributed by atoms with E-state index in [-0.39, 0.29) is 5.92 Å². The Labute approximate surface area is 168 Å². The molecule has 1 atom stereocenters. The van der Waals surface area contributed by atoms with Gasteiger partial charge in [0.1, 0.15) is 0 Å². The minimum atomic E-state index is 0.0724. The molecular weight excluding hydrogens is 348 g/mol. The van der Waals surface area contributed by atoms with Crippen molar-refractivity contribution in [2.75, 3.05) is 19.6 Å². The van der Waals surface area contributed by atoms with Gasteiger partial charge in [-0.2, -0.15) is 5.10 Å². The first-order valence-corrected chi connectivity index (χ1v) is 10.6. The summed E-state index contributed by atoms with van der Waals surface area (Å²) in [7, 11) is 1.98. The average Bonchev–Trinajstić information content (AvgIpc) is 3.39. The molecule has 1 fully saturated rings. The zero-order valence-electron chi connectivity index (χ0n) is 17.4. The smallest absolute Gasteiger partial charge is 0.226 e. The third kappa shape index (κ3) is 3.86. The minimum absolute atomic E-state index is 0.0724. The summed E-state index contributed by atoms with van der Waals surface area (Å²) in [5.74, 6) is 0.376. The van der Waals surface area contributed by atoms with Gasteiger partial charge in [0, 0.05) is 25.6 Å². The lowest BCUT2D eigenvalue weighted by Gasteiger charge is -2.32. The topological polar surface area (TPSA) is 41.4 Å². The summed E-state index contributed by atoms with van der Waals surface area (Å²) in [6.07, 6.45) is 4.17. The molecule has 1 aromatic carbocycles. The van der Waals surface area contributed by atoms with Crippen molar-refractivity contribution >= 4 is 5.91 Å². The highest BCUT2D eigenvalue weighted by Gasteiger charge is 2.33. The quantitative estimate of drug-likeness (QED) is 0.774. The Morgan fingerprint density at radius 3 is 2.57 bits per heavy atom. The molecule has 0 saturated carbocycles. The monoisotopic (exact) mass is 380 g/mol. The second-order valence-electron chi connectivity index (χ2n) is 8.42. The fraction of sp³-hybridized carbons (Fsp3) is 0.565. The largest absolute Gasteiger partial charge is 0.335 e. The maximum absolute atomic E-state index is 13.6. The SMILES string of the molecule is CCN1CCCC1CN(Cc1cc(C)nn1C)C(=O)C1Cc2ccccc2C1. The Hall–Kier alpha value is -2.14. The lowest BCUT2D eigenvalue weighted by molar-refractivity contribution is -0.136. The van der Waals surface area contributed by atoms with E-state index in [9.17, 15) is 4.79 Å². The van der Waals surface area contributed by atoms with Gasteiger partial charge < -0.3 is 4.90 Å². The summed E-state index contributed by atoms with van der Waals surface area (Å²) in [6.45, 7) is 7.93. The van der Waals surface area contributed by atoms with E-state index >= 15 is 0 Å². The van der Waals surface area contributed by atoms with Crippen molar-refractivity contribution in [2.24, 2.45) is 13.0 Å². The Balaban J connectivity index is 1.53. The second-order valence-corrected chi connectivity index (χ2v) is 8.42. The molecule has 0 spiro atoms. The summed E-state index contributed by atoms with van der Waals surface area (Å²) >= 11 is 0. The molecule has 1 aliphatic carbocycles. The van der Waals surface area contributed by atoms with E-state index in [0.29, 0.717) is 18.5 Å². The van der Waals surface area contributed by atoms with Gasteiger partial charge in [0.05, 0.1) is 17.9 Å². The molecule has 4 rings (SSSR count). The highest BCUT2D eigenvalue weighted by atomic mass is 16.2. The fourth-order valence-electron chi connectivity index (χ4n) is 5.00. The number of nitrogens with zero attached hydrogens (tertiary/aromatic N) is 4. The highest BCUT2D eigenvalue weighted by Crippen LogP contribution is 2.29. The number of likely N-dealkylation sites (N-methyl/N-ethyl adjacent to an activating group) is 1. The molecule has 0 bridgehead atoms. The number of rotatable bonds is 6. The van der Waals surface area contributed by atoms with Crippen molar-refractivity contribution in [1.82, 2.24) is 19.6 Å². The van der Waals surface area contributed by atoms with Crippen LogP contribution in [0.15, 0.2) is 30.3 Å². The average molecular weight is 381 g/mol. The number of hydrogen-bond donors (Lipinski definition) is 0. The normalized spacial score (nSPS) is 19.9. The van der Waals surface area contributed by atoms with E-state index in [2.05, 4.69) is 52.2 Å².